The molecule has 1 heterocycles. The fourth-order valence-electron chi connectivity index (χ4n) is 1.67. The van der Waals surface area contributed by atoms with Crippen molar-refractivity contribution in [3.63, 3.8) is 0 Å². The third-order valence-corrected chi connectivity index (χ3v) is 4.58. The largest absolute Gasteiger partial charge is 0.378 e. The molecule has 1 unspecified atom stereocenters. The number of aryl methyl sites for hydroxylation is 1. The highest BCUT2D eigenvalue weighted by molar-refractivity contribution is 9.10. The van der Waals surface area contributed by atoms with Crippen LogP contribution in [0.3, 0.4) is 0 Å². The van der Waals surface area contributed by atoms with Gasteiger partial charge in [-0.2, -0.15) is 0 Å². The highest BCUT2D eigenvalue weighted by Crippen LogP contribution is 2.32. The second kappa shape index (κ2) is 4.88. The molecule has 0 amide bonds. The second-order valence-electron chi connectivity index (χ2n) is 4.10. The summed E-state index contributed by atoms with van der Waals surface area (Å²) in [6, 6.07) is 8.03. The van der Waals surface area contributed by atoms with Crippen LogP contribution in [0.4, 0.5) is 0 Å². The predicted molar refractivity (Wildman–Crippen MR) is 74.3 cm³/mol. The van der Waals surface area contributed by atoms with Crippen LogP contribution >= 0.6 is 27.3 Å². The van der Waals surface area contributed by atoms with Gasteiger partial charge in [-0.3, -0.25) is 0 Å². The molecule has 0 aliphatic rings. The third kappa shape index (κ3) is 2.59. The summed E-state index contributed by atoms with van der Waals surface area (Å²) in [5, 5.41) is 13.1. The molecule has 0 spiro atoms. The first kappa shape index (κ1) is 12.7. The minimum Gasteiger partial charge on any atom is -0.378 e. The monoisotopic (exact) mass is 311 g/mol. The Kier molecular flexibility index (Phi) is 3.66. The second-order valence-corrected chi connectivity index (χ2v) is 5.77. The molecule has 0 saturated heterocycles. The Balaban J connectivity index is 2.36. The van der Waals surface area contributed by atoms with E-state index in [2.05, 4.69) is 27.8 Å². The van der Waals surface area contributed by atoms with Crippen LogP contribution in [-0.2, 0) is 12.0 Å². The molecule has 0 aliphatic carbocycles. The van der Waals surface area contributed by atoms with Crippen molar-refractivity contribution in [2.24, 2.45) is 0 Å². The van der Waals surface area contributed by atoms with E-state index in [1.54, 1.807) is 6.92 Å². The first-order valence-corrected chi connectivity index (χ1v) is 7.14. The molecule has 0 fully saturated rings. The summed E-state index contributed by atoms with van der Waals surface area (Å²) in [5.74, 6) is 0. The third-order valence-electron chi connectivity index (χ3n) is 2.82. The molecule has 0 bridgehead atoms. The Labute approximate surface area is 113 Å². The van der Waals surface area contributed by atoms with Gasteiger partial charge in [0, 0.05) is 5.38 Å². The van der Waals surface area contributed by atoms with Crippen LogP contribution in [0.5, 0.6) is 0 Å². The van der Waals surface area contributed by atoms with Crippen LogP contribution in [-0.4, -0.2) is 10.1 Å². The maximum Gasteiger partial charge on any atom is 0.138 e. The van der Waals surface area contributed by atoms with Crippen LogP contribution in [0, 0.1) is 0 Å². The molecule has 4 heteroatoms. The molecular formula is C13H14BrNOS. The molecule has 2 nitrogen and oxygen atoms in total. The van der Waals surface area contributed by atoms with Crippen LogP contribution in [0.2, 0.25) is 0 Å². The van der Waals surface area contributed by atoms with Crippen LogP contribution in [0.15, 0.2) is 34.2 Å². The Morgan fingerprint density at radius 1 is 1.35 bits per heavy atom. The standard InChI is InChI=1S/C13H14BrNOS/c1-3-9-4-6-10(7-5-9)13(2,16)12-15-11(14)8-17-12/h4-8,16H,3H2,1-2H3. The average Bonchev–Trinajstić information content (AvgIpc) is 2.77. The Morgan fingerprint density at radius 3 is 2.47 bits per heavy atom. The molecule has 17 heavy (non-hydrogen) atoms. The first-order chi connectivity index (χ1) is 8.04. The van der Waals surface area contributed by atoms with E-state index in [1.807, 2.05) is 29.6 Å². The van der Waals surface area contributed by atoms with E-state index in [9.17, 15) is 5.11 Å². The predicted octanol–water partition coefficient (Wildman–Crippen LogP) is 3.72. The van der Waals surface area contributed by atoms with Crippen molar-refractivity contribution in [3.05, 3.63) is 50.4 Å². The van der Waals surface area contributed by atoms with Gasteiger partial charge in [0.2, 0.25) is 0 Å². The quantitative estimate of drug-likeness (QED) is 0.937. The first-order valence-electron chi connectivity index (χ1n) is 5.47. The maximum atomic E-state index is 10.6. The lowest BCUT2D eigenvalue weighted by Gasteiger charge is -2.21. The summed E-state index contributed by atoms with van der Waals surface area (Å²) >= 11 is 4.76. The van der Waals surface area contributed by atoms with E-state index < -0.39 is 5.60 Å². The Morgan fingerprint density at radius 2 is 2.00 bits per heavy atom. The van der Waals surface area contributed by atoms with Crippen molar-refractivity contribution in [1.29, 1.82) is 0 Å². The zero-order chi connectivity index (χ0) is 12.5. The molecule has 1 aromatic carbocycles. The van der Waals surface area contributed by atoms with Gasteiger partial charge < -0.3 is 5.11 Å². The van der Waals surface area contributed by atoms with E-state index in [0.717, 1.165) is 16.6 Å². The fourth-order valence-corrected chi connectivity index (χ4v) is 3.00. The van der Waals surface area contributed by atoms with Gasteiger partial charge in [0.05, 0.1) is 0 Å². The molecule has 2 aromatic rings. The lowest BCUT2D eigenvalue weighted by molar-refractivity contribution is 0.102. The lowest BCUT2D eigenvalue weighted by Crippen LogP contribution is -2.22. The number of hydrogen-bond donors (Lipinski definition) is 1. The SMILES string of the molecule is CCc1ccc(C(C)(O)c2nc(Br)cs2)cc1. The molecule has 90 valence electrons. The molecule has 2 rings (SSSR count). The van der Waals surface area contributed by atoms with E-state index in [0.29, 0.717) is 5.01 Å². The zero-order valence-electron chi connectivity index (χ0n) is 9.77. The Hall–Kier alpha value is -0.710. The van der Waals surface area contributed by atoms with E-state index in [4.69, 9.17) is 0 Å². The smallest absolute Gasteiger partial charge is 0.138 e. The molecule has 0 radical (unpaired) electrons. The molecule has 1 aromatic heterocycles. The average molecular weight is 312 g/mol. The van der Waals surface area contributed by atoms with Crippen molar-refractivity contribution in [3.8, 4) is 0 Å². The van der Waals surface area contributed by atoms with Gasteiger partial charge in [-0.15, -0.1) is 11.3 Å². The fraction of sp³-hybridized carbons (Fsp3) is 0.308. The van der Waals surface area contributed by atoms with Gasteiger partial charge in [-0.1, -0.05) is 31.2 Å². The van der Waals surface area contributed by atoms with Gasteiger partial charge in [0.25, 0.3) is 0 Å². The van der Waals surface area contributed by atoms with Gasteiger partial charge >= 0.3 is 0 Å². The van der Waals surface area contributed by atoms with Crippen molar-refractivity contribution in [2.75, 3.05) is 0 Å². The summed E-state index contributed by atoms with van der Waals surface area (Å²) < 4.78 is 0.767. The summed E-state index contributed by atoms with van der Waals surface area (Å²) in [5.41, 5.74) is 1.12. The van der Waals surface area contributed by atoms with Crippen LogP contribution in [0.1, 0.15) is 30.0 Å². The number of aliphatic hydroxyl groups is 1. The number of thiazole rings is 1. The van der Waals surface area contributed by atoms with Crippen molar-refractivity contribution in [2.45, 2.75) is 25.9 Å². The highest BCUT2D eigenvalue weighted by atomic mass is 79.9. The van der Waals surface area contributed by atoms with Gasteiger partial charge in [-0.05, 0) is 40.4 Å². The van der Waals surface area contributed by atoms with E-state index >= 15 is 0 Å². The van der Waals surface area contributed by atoms with Gasteiger partial charge in [0.1, 0.15) is 15.2 Å². The van der Waals surface area contributed by atoms with Gasteiger partial charge in [-0.25, -0.2) is 4.98 Å². The molecule has 1 atom stereocenters. The van der Waals surface area contributed by atoms with Crippen molar-refractivity contribution >= 4 is 27.3 Å². The van der Waals surface area contributed by atoms with Crippen LogP contribution < -0.4 is 0 Å². The highest BCUT2D eigenvalue weighted by Gasteiger charge is 2.28. The minimum atomic E-state index is -1.02. The molecule has 0 saturated carbocycles. The van der Waals surface area contributed by atoms with E-state index in [1.165, 1.54) is 16.9 Å². The summed E-state index contributed by atoms with van der Waals surface area (Å²) in [6.45, 7) is 3.89. The number of hydrogen-bond acceptors (Lipinski definition) is 3. The number of halogens is 1. The lowest BCUT2D eigenvalue weighted by atomic mass is 9.95. The summed E-state index contributed by atoms with van der Waals surface area (Å²) in [7, 11) is 0. The number of rotatable bonds is 3. The van der Waals surface area contributed by atoms with Crippen LogP contribution in [0.25, 0.3) is 0 Å². The molecule has 0 aliphatic heterocycles. The number of benzene rings is 1. The minimum absolute atomic E-state index is 0.702. The van der Waals surface area contributed by atoms with E-state index in [-0.39, 0.29) is 0 Å². The molecular weight excluding hydrogens is 298 g/mol. The zero-order valence-corrected chi connectivity index (χ0v) is 12.2. The van der Waals surface area contributed by atoms with Crippen molar-refractivity contribution < 1.29 is 5.11 Å². The number of nitrogens with zero attached hydrogens (tertiary/aromatic N) is 1. The van der Waals surface area contributed by atoms with Gasteiger partial charge in [0.15, 0.2) is 0 Å². The summed E-state index contributed by atoms with van der Waals surface area (Å²) in [4.78, 5) is 4.29. The topological polar surface area (TPSA) is 33.1 Å². The Bertz CT molecular complexity index is 504. The summed E-state index contributed by atoms with van der Waals surface area (Å²) in [6.07, 6.45) is 1.01. The maximum absolute atomic E-state index is 10.6. The normalized spacial score (nSPS) is 14.6. The number of aromatic nitrogens is 1. The molecule has 1 N–H and O–H groups in total. The van der Waals surface area contributed by atoms with Crippen molar-refractivity contribution in [1.82, 2.24) is 4.98 Å².